The van der Waals surface area contributed by atoms with Gasteiger partial charge < -0.3 is 0 Å². The van der Waals surface area contributed by atoms with E-state index in [2.05, 4.69) is 0 Å². The first kappa shape index (κ1) is 25.4. The first-order valence-electron chi connectivity index (χ1n) is 3.07. The first-order valence-corrected chi connectivity index (χ1v) is 5.95. The molecular formula is C3H4F6Na2O6S2. The van der Waals surface area contributed by atoms with Crippen molar-refractivity contribution in [1.29, 1.82) is 0 Å². The summed E-state index contributed by atoms with van der Waals surface area (Å²) in [4.78, 5) is 0. The fraction of sp³-hybridized carbons (Fsp3) is 1.00. The number of rotatable bonds is 4. The molecule has 0 aliphatic rings. The fourth-order valence-electron chi connectivity index (χ4n) is 0.493. The van der Waals surface area contributed by atoms with E-state index in [1.54, 1.807) is 0 Å². The van der Waals surface area contributed by atoms with Crippen LogP contribution in [0.2, 0.25) is 0 Å². The van der Waals surface area contributed by atoms with Gasteiger partial charge in [0.1, 0.15) is 0 Å². The van der Waals surface area contributed by atoms with E-state index in [0.29, 0.717) is 0 Å². The van der Waals surface area contributed by atoms with E-state index in [4.69, 9.17) is 9.11 Å². The van der Waals surface area contributed by atoms with Gasteiger partial charge in [-0.05, 0) is 0 Å². The quantitative estimate of drug-likeness (QED) is 0.389. The van der Waals surface area contributed by atoms with Gasteiger partial charge in [-0.25, -0.2) is 0 Å². The Bertz CT molecular complexity index is 467. The molecule has 0 aromatic heterocycles. The van der Waals surface area contributed by atoms with Crippen molar-refractivity contribution in [1.82, 2.24) is 0 Å². The monoisotopic (exact) mass is 360 g/mol. The number of hydrogen-bond acceptors (Lipinski definition) is 4. The van der Waals surface area contributed by atoms with Crippen molar-refractivity contribution in [3.8, 4) is 0 Å². The predicted molar refractivity (Wildman–Crippen MR) is 52.2 cm³/mol. The molecule has 6 nitrogen and oxygen atoms in total. The third kappa shape index (κ3) is 4.20. The van der Waals surface area contributed by atoms with Crippen LogP contribution in [0.1, 0.15) is 0 Å². The van der Waals surface area contributed by atoms with Crippen molar-refractivity contribution in [2.75, 3.05) is 0 Å². The zero-order valence-corrected chi connectivity index (χ0v) is 8.74. The zero-order valence-electron chi connectivity index (χ0n) is 7.11. The van der Waals surface area contributed by atoms with E-state index in [1.807, 2.05) is 0 Å². The van der Waals surface area contributed by atoms with E-state index in [9.17, 15) is 43.2 Å². The Morgan fingerprint density at radius 3 is 0.895 bits per heavy atom. The van der Waals surface area contributed by atoms with Crippen LogP contribution in [0, 0.1) is 0 Å². The third-order valence-corrected chi connectivity index (χ3v) is 3.19. The van der Waals surface area contributed by atoms with E-state index < -0.39 is 36.7 Å². The summed E-state index contributed by atoms with van der Waals surface area (Å²) in [5.74, 6) is -7.08. The van der Waals surface area contributed by atoms with Crippen molar-refractivity contribution >= 4 is 79.4 Å². The molecule has 19 heavy (non-hydrogen) atoms. The molecule has 0 heterocycles. The summed E-state index contributed by atoms with van der Waals surface area (Å²) in [6.07, 6.45) is 0. The average molecular weight is 360 g/mol. The van der Waals surface area contributed by atoms with Gasteiger partial charge in [0.15, 0.2) is 0 Å². The van der Waals surface area contributed by atoms with Gasteiger partial charge in [0.25, 0.3) is 0 Å². The Hall–Kier alpha value is 1.40. The summed E-state index contributed by atoms with van der Waals surface area (Å²) in [6, 6.07) is 0. The van der Waals surface area contributed by atoms with Crippen molar-refractivity contribution in [3.63, 3.8) is 0 Å². The summed E-state index contributed by atoms with van der Waals surface area (Å²) in [5.41, 5.74) is 0. The molecule has 108 valence electrons. The topological polar surface area (TPSA) is 109 Å². The van der Waals surface area contributed by atoms with E-state index in [0.717, 1.165) is 0 Å². The fourth-order valence-corrected chi connectivity index (χ4v) is 1.46. The summed E-state index contributed by atoms with van der Waals surface area (Å²) >= 11 is 0. The van der Waals surface area contributed by atoms with E-state index in [1.165, 1.54) is 0 Å². The predicted octanol–water partition coefficient (Wildman–Crippen LogP) is -0.714. The van der Waals surface area contributed by atoms with Crippen LogP contribution in [-0.4, -0.2) is 101 Å². The molecule has 0 aromatic carbocycles. The Kier molecular flexibility index (Phi) is 8.89. The molecule has 0 aromatic rings. The van der Waals surface area contributed by atoms with Gasteiger partial charge >= 0.3 is 95.8 Å². The van der Waals surface area contributed by atoms with Crippen LogP contribution >= 0.6 is 0 Å². The molecule has 0 atom stereocenters. The summed E-state index contributed by atoms with van der Waals surface area (Å²) in [7, 11) is -14.1. The van der Waals surface area contributed by atoms with Crippen LogP contribution in [0.3, 0.4) is 0 Å². The number of hydrogen-bond donors (Lipinski definition) is 2. The molecule has 0 saturated heterocycles. The second-order valence-corrected chi connectivity index (χ2v) is 5.48. The molecule has 16 heteroatoms. The van der Waals surface area contributed by atoms with Gasteiger partial charge in [0.2, 0.25) is 0 Å². The van der Waals surface area contributed by atoms with Crippen LogP contribution in [-0.2, 0) is 20.2 Å². The molecule has 0 amide bonds. The van der Waals surface area contributed by atoms with Crippen LogP contribution in [0.5, 0.6) is 0 Å². The van der Waals surface area contributed by atoms with E-state index >= 15 is 0 Å². The number of halogens is 6. The van der Waals surface area contributed by atoms with Crippen LogP contribution in [0.4, 0.5) is 26.3 Å². The second kappa shape index (κ2) is 6.66. The van der Waals surface area contributed by atoms with Gasteiger partial charge in [-0.1, -0.05) is 0 Å². The van der Waals surface area contributed by atoms with Gasteiger partial charge in [-0.2, -0.15) is 43.2 Å². The molecule has 0 radical (unpaired) electrons. The SMILES string of the molecule is O=S(=O)(O)C(F)(F)C(F)(F)C(F)(F)S(=O)(=O)O.[NaH].[NaH]. The first-order chi connectivity index (χ1) is 7.00. The second-order valence-electron chi connectivity index (χ2n) is 2.56. The van der Waals surface area contributed by atoms with Crippen molar-refractivity contribution in [2.45, 2.75) is 16.4 Å². The van der Waals surface area contributed by atoms with Crippen LogP contribution in [0.25, 0.3) is 0 Å². The van der Waals surface area contributed by atoms with Gasteiger partial charge in [-0.3, -0.25) is 9.11 Å². The van der Waals surface area contributed by atoms with Crippen molar-refractivity contribution < 1.29 is 52.3 Å². The Morgan fingerprint density at radius 1 is 0.632 bits per heavy atom. The zero-order chi connectivity index (χ0) is 14.5. The molecule has 0 aliphatic heterocycles. The van der Waals surface area contributed by atoms with Crippen LogP contribution in [0.15, 0.2) is 0 Å². The third-order valence-electron chi connectivity index (χ3n) is 1.38. The minimum absolute atomic E-state index is 0. The van der Waals surface area contributed by atoms with Crippen molar-refractivity contribution in [3.05, 3.63) is 0 Å². The van der Waals surface area contributed by atoms with Crippen LogP contribution < -0.4 is 0 Å². The molecule has 0 fully saturated rings. The normalized spacial score (nSPS) is 14.3. The minimum atomic E-state index is -7.08. The molecule has 2 N–H and O–H groups in total. The molecule has 0 rings (SSSR count). The number of alkyl halides is 6. The molecule has 0 bridgehead atoms. The van der Waals surface area contributed by atoms with Gasteiger partial charge in [0, 0.05) is 0 Å². The van der Waals surface area contributed by atoms with E-state index in [-0.39, 0.29) is 59.1 Å². The molecule has 0 saturated carbocycles. The Morgan fingerprint density at radius 2 is 0.789 bits per heavy atom. The molecular weight excluding hydrogens is 356 g/mol. The maximum atomic E-state index is 12.4. The average Bonchev–Trinajstić information content (AvgIpc) is 1.98. The summed E-state index contributed by atoms with van der Waals surface area (Å²) in [5, 5.41) is -13.6. The standard InChI is InChI=1S/C3H2F6O6S2.2Na.2H/c4-1(5,2(6,7)16(10,11)12)3(8,9)17(13,14)15;;;;/h(H,10,11,12)(H,13,14,15);;;;. The Balaban J connectivity index is -0.00000128. The molecule has 0 aliphatic carbocycles. The molecule has 0 unspecified atom stereocenters. The van der Waals surface area contributed by atoms with Gasteiger partial charge in [-0.15, -0.1) is 0 Å². The summed E-state index contributed by atoms with van der Waals surface area (Å²) in [6.45, 7) is 0. The maximum absolute atomic E-state index is 12.4. The van der Waals surface area contributed by atoms with Gasteiger partial charge in [0.05, 0.1) is 0 Å². The Labute approximate surface area is 147 Å². The molecule has 0 spiro atoms. The summed E-state index contributed by atoms with van der Waals surface area (Å²) < 4.78 is 128. The van der Waals surface area contributed by atoms with Crippen molar-refractivity contribution in [2.24, 2.45) is 0 Å².